The third kappa shape index (κ3) is 2.97. The third-order valence-electron chi connectivity index (χ3n) is 3.88. The Morgan fingerprint density at radius 2 is 1.92 bits per heavy atom. The molecule has 1 aliphatic rings. The zero-order valence-corrected chi connectivity index (χ0v) is 14.2. The van der Waals surface area contributed by atoms with Crippen molar-refractivity contribution in [1.82, 2.24) is 0 Å². The standard InChI is InChI=1S/C18H19NO4S/c1-3-6-18-23-17-8-5-4-7-16(17)19(24(18,20)21)13-14-9-11-15(22-2)12-10-14/h3-5,7-12,18H,1,6,13H2,2H3. The lowest BCUT2D eigenvalue weighted by atomic mass is 10.2. The monoisotopic (exact) mass is 345 g/mol. The predicted octanol–water partition coefficient (Wildman–Crippen LogP) is 3.33. The minimum absolute atomic E-state index is 0.232. The van der Waals surface area contributed by atoms with Crippen molar-refractivity contribution in [1.29, 1.82) is 0 Å². The molecule has 0 aromatic heterocycles. The number of ether oxygens (including phenoxy) is 2. The maximum atomic E-state index is 12.9. The second-order valence-electron chi connectivity index (χ2n) is 5.44. The topological polar surface area (TPSA) is 55.8 Å². The van der Waals surface area contributed by atoms with Gasteiger partial charge in [0.15, 0.2) is 0 Å². The minimum Gasteiger partial charge on any atom is -0.497 e. The van der Waals surface area contributed by atoms with E-state index < -0.39 is 15.5 Å². The Morgan fingerprint density at radius 1 is 1.21 bits per heavy atom. The molecule has 0 bridgehead atoms. The van der Waals surface area contributed by atoms with Gasteiger partial charge in [-0.1, -0.05) is 30.3 Å². The molecule has 0 radical (unpaired) electrons. The number of hydrogen-bond donors (Lipinski definition) is 0. The molecule has 126 valence electrons. The highest BCUT2D eigenvalue weighted by atomic mass is 32.2. The van der Waals surface area contributed by atoms with Crippen molar-refractivity contribution >= 4 is 15.7 Å². The summed E-state index contributed by atoms with van der Waals surface area (Å²) in [5.41, 5.74) is 0.463. The summed E-state index contributed by atoms with van der Waals surface area (Å²) in [4.78, 5) is 0. The van der Waals surface area contributed by atoms with Gasteiger partial charge in [-0.2, -0.15) is 0 Å². The molecule has 1 aliphatic heterocycles. The second kappa shape index (κ2) is 6.57. The number of anilines is 1. The molecule has 5 nitrogen and oxygen atoms in total. The summed E-state index contributed by atoms with van der Waals surface area (Å²) in [6, 6.07) is 14.5. The summed E-state index contributed by atoms with van der Waals surface area (Å²) in [5.74, 6) is 1.29. The van der Waals surface area contributed by atoms with Crippen molar-refractivity contribution < 1.29 is 17.9 Å². The van der Waals surface area contributed by atoms with Crippen molar-refractivity contribution in [3.05, 3.63) is 66.7 Å². The summed E-state index contributed by atoms with van der Waals surface area (Å²) in [5, 5.41) is 0. The molecule has 0 aliphatic carbocycles. The van der Waals surface area contributed by atoms with Crippen LogP contribution in [0.4, 0.5) is 5.69 Å². The van der Waals surface area contributed by atoms with E-state index in [0.717, 1.165) is 11.3 Å². The molecule has 1 unspecified atom stereocenters. The molecular formula is C18H19NO4S. The molecule has 0 saturated carbocycles. The quantitative estimate of drug-likeness (QED) is 0.780. The summed E-state index contributed by atoms with van der Waals surface area (Å²) in [6.07, 6.45) is 1.79. The van der Waals surface area contributed by atoms with Crippen LogP contribution < -0.4 is 13.8 Å². The van der Waals surface area contributed by atoms with E-state index in [1.54, 1.807) is 31.4 Å². The lowest BCUT2D eigenvalue weighted by molar-refractivity contribution is 0.270. The Labute approximate surface area is 142 Å². The van der Waals surface area contributed by atoms with Gasteiger partial charge in [-0.25, -0.2) is 8.42 Å². The Kier molecular flexibility index (Phi) is 4.49. The molecular weight excluding hydrogens is 326 g/mol. The molecule has 3 rings (SSSR count). The zero-order valence-electron chi connectivity index (χ0n) is 13.4. The number of rotatable bonds is 5. The average molecular weight is 345 g/mol. The molecule has 0 spiro atoms. The Bertz CT molecular complexity index is 830. The van der Waals surface area contributed by atoms with Gasteiger partial charge in [0.1, 0.15) is 11.5 Å². The van der Waals surface area contributed by atoms with Gasteiger partial charge >= 0.3 is 0 Å². The first-order valence-corrected chi connectivity index (χ1v) is 9.07. The normalized spacial score (nSPS) is 18.4. The van der Waals surface area contributed by atoms with Crippen LogP contribution in [-0.2, 0) is 16.6 Å². The smallest absolute Gasteiger partial charge is 0.274 e. The van der Waals surface area contributed by atoms with Gasteiger partial charge in [0.25, 0.3) is 10.0 Å². The largest absolute Gasteiger partial charge is 0.497 e. The van der Waals surface area contributed by atoms with Gasteiger partial charge in [0, 0.05) is 6.42 Å². The summed E-state index contributed by atoms with van der Waals surface area (Å²) in [6.45, 7) is 3.86. The second-order valence-corrected chi connectivity index (χ2v) is 7.44. The molecule has 2 aromatic rings. The molecule has 6 heteroatoms. The van der Waals surface area contributed by atoms with E-state index in [9.17, 15) is 8.42 Å². The zero-order chi connectivity index (χ0) is 17.2. The molecule has 2 aromatic carbocycles. The Hall–Kier alpha value is -2.47. The molecule has 24 heavy (non-hydrogen) atoms. The van der Waals surface area contributed by atoms with Crippen LogP contribution in [0.3, 0.4) is 0 Å². The van der Waals surface area contributed by atoms with Crippen molar-refractivity contribution in [3.63, 3.8) is 0 Å². The SMILES string of the molecule is C=CCC1Oc2ccccc2N(Cc2ccc(OC)cc2)S1(=O)=O. The van der Waals surface area contributed by atoms with E-state index in [1.807, 2.05) is 30.3 Å². The van der Waals surface area contributed by atoms with Gasteiger partial charge < -0.3 is 9.47 Å². The number of para-hydroxylation sites is 2. The maximum Gasteiger partial charge on any atom is 0.274 e. The first kappa shape index (κ1) is 16.4. The molecule has 1 heterocycles. The van der Waals surface area contributed by atoms with Crippen LogP contribution in [0.5, 0.6) is 11.5 Å². The van der Waals surface area contributed by atoms with Crippen LogP contribution in [0.25, 0.3) is 0 Å². The maximum absolute atomic E-state index is 12.9. The first-order chi connectivity index (χ1) is 11.6. The first-order valence-electron chi connectivity index (χ1n) is 7.57. The fraction of sp³-hybridized carbons (Fsp3) is 0.222. The average Bonchev–Trinajstić information content (AvgIpc) is 2.59. The van der Waals surface area contributed by atoms with Gasteiger partial charge in [0.2, 0.25) is 5.44 Å². The van der Waals surface area contributed by atoms with Gasteiger partial charge in [-0.05, 0) is 29.8 Å². The number of hydrogen-bond acceptors (Lipinski definition) is 4. The van der Waals surface area contributed by atoms with E-state index in [4.69, 9.17) is 9.47 Å². The third-order valence-corrected chi connectivity index (χ3v) is 5.77. The van der Waals surface area contributed by atoms with E-state index in [2.05, 4.69) is 6.58 Å². The summed E-state index contributed by atoms with van der Waals surface area (Å²) in [7, 11) is -2.05. The molecule has 0 amide bonds. The number of benzene rings is 2. The highest BCUT2D eigenvalue weighted by Crippen LogP contribution is 2.39. The number of methoxy groups -OCH3 is 1. The Morgan fingerprint density at radius 3 is 2.58 bits per heavy atom. The summed E-state index contributed by atoms with van der Waals surface area (Å²) >= 11 is 0. The predicted molar refractivity (Wildman–Crippen MR) is 93.8 cm³/mol. The number of fused-ring (bicyclic) bond motifs is 1. The fourth-order valence-electron chi connectivity index (χ4n) is 2.62. The van der Waals surface area contributed by atoms with Gasteiger partial charge in [-0.3, -0.25) is 4.31 Å². The lowest BCUT2D eigenvalue weighted by Crippen LogP contribution is -2.44. The van der Waals surface area contributed by atoms with Crippen molar-refractivity contribution in [3.8, 4) is 11.5 Å². The highest BCUT2D eigenvalue weighted by molar-refractivity contribution is 7.93. The van der Waals surface area contributed by atoms with Crippen LogP contribution in [-0.4, -0.2) is 21.0 Å². The van der Waals surface area contributed by atoms with Crippen molar-refractivity contribution in [2.75, 3.05) is 11.4 Å². The fourth-order valence-corrected chi connectivity index (χ4v) is 4.26. The lowest BCUT2D eigenvalue weighted by Gasteiger charge is -2.35. The molecule has 0 N–H and O–H groups in total. The number of nitrogens with zero attached hydrogens (tertiary/aromatic N) is 1. The molecule has 0 saturated heterocycles. The van der Waals surface area contributed by atoms with Crippen molar-refractivity contribution in [2.45, 2.75) is 18.4 Å². The Balaban J connectivity index is 2.00. The van der Waals surface area contributed by atoms with Crippen LogP contribution in [0.1, 0.15) is 12.0 Å². The van der Waals surface area contributed by atoms with E-state index in [-0.39, 0.29) is 13.0 Å². The van der Waals surface area contributed by atoms with Crippen molar-refractivity contribution in [2.24, 2.45) is 0 Å². The molecule has 1 atom stereocenters. The van der Waals surface area contributed by atoms with Crippen LogP contribution in [0.2, 0.25) is 0 Å². The van der Waals surface area contributed by atoms with E-state index in [1.165, 1.54) is 4.31 Å². The van der Waals surface area contributed by atoms with Crippen LogP contribution in [0.15, 0.2) is 61.2 Å². The highest BCUT2D eigenvalue weighted by Gasteiger charge is 2.39. The molecule has 0 fully saturated rings. The summed E-state index contributed by atoms with van der Waals surface area (Å²) < 4.78 is 38.1. The van der Waals surface area contributed by atoms with E-state index in [0.29, 0.717) is 11.4 Å². The minimum atomic E-state index is -3.65. The van der Waals surface area contributed by atoms with Crippen LogP contribution in [0, 0.1) is 0 Å². The van der Waals surface area contributed by atoms with Gasteiger partial charge in [0.05, 0.1) is 19.3 Å². The van der Waals surface area contributed by atoms with Gasteiger partial charge in [-0.15, -0.1) is 6.58 Å². The van der Waals surface area contributed by atoms with Crippen LogP contribution >= 0.6 is 0 Å². The number of sulfonamides is 1. The van der Waals surface area contributed by atoms with E-state index >= 15 is 0 Å².